The molecule has 0 unspecified atom stereocenters. The van der Waals surface area contributed by atoms with Crippen LogP contribution in [0, 0.1) is 34.5 Å². The van der Waals surface area contributed by atoms with E-state index in [1.54, 1.807) is 0 Å². The van der Waals surface area contributed by atoms with Gasteiger partial charge in [0, 0.05) is 6.42 Å². The second kappa shape index (κ2) is 6.54. The maximum Gasteiger partial charge on any atom is 0.159 e. The van der Waals surface area contributed by atoms with Crippen molar-refractivity contribution in [3.63, 3.8) is 0 Å². The highest BCUT2D eigenvalue weighted by atomic mass is 16.3. The Morgan fingerprint density at radius 3 is 2.45 bits per heavy atom. The fourth-order valence-electron chi connectivity index (χ4n) is 8.13. The fourth-order valence-corrected chi connectivity index (χ4v) is 8.13. The lowest BCUT2D eigenvalue weighted by Crippen LogP contribution is -2.56. The molecule has 0 radical (unpaired) electrons. The minimum absolute atomic E-state index is 0.0740. The van der Waals surface area contributed by atoms with Crippen molar-refractivity contribution in [2.45, 2.75) is 77.7 Å². The molecule has 0 bridgehead atoms. The summed E-state index contributed by atoms with van der Waals surface area (Å²) in [6.07, 6.45) is 10.8. The van der Waals surface area contributed by atoms with Gasteiger partial charge < -0.3 is 5.11 Å². The second-order valence-electron chi connectivity index (χ2n) is 11.3. The first-order valence-electron chi connectivity index (χ1n) is 11.8. The van der Waals surface area contributed by atoms with Crippen LogP contribution in [0.15, 0.2) is 35.9 Å². The number of carbonyl (C=O) groups is 1. The summed E-state index contributed by atoms with van der Waals surface area (Å²) < 4.78 is 0. The molecule has 4 fully saturated rings. The Balaban J connectivity index is 1.46. The van der Waals surface area contributed by atoms with Crippen molar-refractivity contribution < 1.29 is 9.90 Å². The predicted molar refractivity (Wildman–Crippen MR) is 117 cm³/mol. The monoisotopic (exact) mass is 392 g/mol. The van der Waals surface area contributed by atoms with Crippen LogP contribution in [-0.2, 0) is 4.79 Å². The van der Waals surface area contributed by atoms with E-state index < -0.39 is 5.60 Å². The van der Waals surface area contributed by atoms with Crippen LogP contribution in [0.25, 0.3) is 6.08 Å². The molecule has 0 spiro atoms. The molecule has 1 aromatic carbocycles. The van der Waals surface area contributed by atoms with Crippen molar-refractivity contribution in [3.8, 4) is 0 Å². The number of hydrogen-bond donors (Lipinski definition) is 1. The van der Waals surface area contributed by atoms with Crippen molar-refractivity contribution in [3.05, 3.63) is 41.5 Å². The van der Waals surface area contributed by atoms with Crippen molar-refractivity contribution in [1.29, 1.82) is 0 Å². The van der Waals surface area contributed by atoms with Crippen molar-refractivity contribution in [2.75, 3.05) is 0 Å². The zero-order chi connectivity index (χ0) is 20.4. The number of fused-ring (bicyclic) bond motifs is 5. The number of rotatable bonds is 1. The standard InChI is InChI=1S/C27H36O2/c1-25-17-19(15-18-7-5-4-6-8-18)24(28)16-20(25)9-10-21-22(25)11-13-26(2)23(21)12-14-27(26,3)29/h4-8,15,20-23,29H,9-14,16-17H2,1-3H3/t20-,21+,22+,23-,25-,26+,27-/m0/s1. The summed E-state index contributed by atoms with van der Waals surface area (Å²) >= 11 is 0. The van der Waals surface area contributed by atoms with Crippen LogP contribution >= 0.6 is 0 Å². The average molecular weight is 393 g/mol. The lowest BCUT2D eigenvalue weighted by molar-refractivity contribution is -0.147. The van der Waals surface area contributed by atoms with E-state index in [2.05, 4.69) is 51.1 Å². The molecule has 29 heavy (non-hydrogen) atoms. The SMILES string of the molecule is C[C@]12CC(=Cc3ccccc3)C(=O)C[C@@H]1CC[C@@H]1[C@H]2CC[C@]2(C)[C@H]1CC[C@]2(C)O. The van der Waals surface area contributed by atoms with Crippen LogP contribution in [0.1, 0.15) is 77.7 Å². The summed E-state index contributed by atoms with van der Waals surface area (Å²) in [5, 5.41) is 11.1. The molecule has 0 amide bonds. The highest BCUT2D eigenvalue weighted by molar-refractivity contribution is 6.00. The Bertz CT molecular complexity index is 837. The Labute approximate surface area is 175 Å². The Morgan fingerprint density at radius 2 is 1.69 bits per heavy atom. The van der Waals surface area contributed by atoms with Crippen LogP contribution in [0.5, 0.6) is 0 Å². The van der Waals surface area contributed by atoms with E-state index in [1.807, 2.05) is 6.07 Å². The summed E-state index contributed by atoms with van der Waals surface area (Å²) in [7, 11) is 0. The van der Waals surface area contributed by atoms with E-state index in [1.165, 1.54) is 25.7 Å². The smallest absolute Gasteiger partial charge is 0.159 e. The van der Waals surface area contributed by atoms with Crippen LogP contribution in [0.4, 0.5) is 0 Å². The van der Waals surface area contributed by atoms with Gasteiger partial charge in [0.1, 0.15) is 0 Å². The Hall–Kier alpha value is -1.41. The maximum atomic E-state index is 13.0. The third-order valence-electron chi connectivity index (χ3n) is 10.1. The molecule has 0 aromatic heterocycles. The molecule has 4 saturated carbocycles. The van der Waals surface area contributed by atoms with Gasteiger partial charge in [0.15, 0.2) is 5.78 Å². The van der Waals surface area contributed by atoms with Crippen LogP contribution in [-0.4, -0.2) is 16.5 Å². The summed E-state index contributed by atoms with van der Waals surface area (Å²) in [6.45, 7) is 6.94. The van der Waals surface area contributed by atoms with E-state index in [-0.39, 0.29) is 10.8 Å². The molecule has 1 aromatic rings. The number of Topliss-reactive ketones (excluding diaryl/α,β-unsaturated/α-hetero) is 1. The number of allylic oxidation sites excluding steroid dienone is 1. The van der Waals surface area contributed by atoms with Crippen LogP contribution < -0.4 is 0 Å². The third kappa shape index (κ3) is 2.81. The van der Waals surface area contributed by atoms with Crippen molar-refractivity contribution in [1.82, 2.24) is 0 Å². The van der Waals surface area contributed by atoms with Gasteiger partial charge in [0.2, 0.25) is 0 Å². The molecule has 2 heteroatoms. The Kier molecular flexibility index (Phi) is 4.41. The molecule has 4 aliphatic rings. The normalized spacial score (nSPS) is 48.1. The molecule has 7 atom stereocenters. The first-order chi connectivity index (χ1) is 13.7. The molecule has 5 rings (SSSR count). The lowest BCUT2D eigenvalue weighted by atomic mass is 9.44. The van der Waals surface area contributed by atoms with E-state index in [9.17, 15) is 9.90 Å². The van der Waals surface area contributed by atoms with Gasteiger partial charge in [-0.1, -0.05) is 44.2 Å². The molecule has 1 N–H and O–H groups in total. The van der Waals surface area contributed by atoms with E-state index >= 15 is 0 Å². The number of carbonyl (C=O) groups excluding carboxylic acids is 1. The van der Waals surface area contributed by atoms with Crippen LogP contribution in [0.2, 0.25) is 0 Å². The lowest BCUT2D eigenvalue weighted by Gasteiger charge is -2.61. The zero-order valence-corrected chi connectivity index (χ0v) is 18.3. The minimum Gasteiger partial charge on any atom is -0.390 e. The van der Waals surface area contributed by atoms with E-state index in [0.717, 1.165) is 42.7 Å². The first-order valence-corrected chi connectivity index (χ1v) is 11.8. The van der Waals surface area contributed by atoms with Gasteiger partial charge in [-0.25, -0.2) is 0 Å². The predicted octanol–water partition coefficient (Wildman–Crippen LogP) is 6.04. The highest BCUT2D eigenvalue weighted by Gasteiger charge is 2.63. The molecule has 0 aliphatic heterocycles. The minimum atomic E-state index is -0.513. The summed E-state index contributed by atoms with van der Waals surface area (Å²) in [6, 6.07) is 10.3. The number of benzene rings is 1. The molecule has 4 aliphatic carbocycles. The van der Waals surface area contributed by atoms with Gasteiger partial charge in [-0.2, -0.15) is 0 Å². The van der Waals surface area contributed by atoms with Crippen LogP contribution in [0.3, 0.4) is 0 Å². The largest absolute Gasteiger partial charge is 0.390 e. The molecule has 0 heterocycles. The number of aliphatic hydroxyl groups is 1. The Morgan fingerprint density at radius 1 is 0.966 bits per heavy atom. The second-order valence-corrected chi connectivity index (χ2v) is 11.3. The topological polar surface area (TPSA) is 37.3 Å². The third-order valence-corrected chi connectivity index (χ3v) is 10.1. The van der Waals surface area contributed by atoms with Gasteiger partial charge in [-0.15, -0.1) is 0 Å². The zero-order valence-electron chi connectivity index (χ0n) is 18.3. The molecular weight excluding hydrogens is 356 g/mol. The van der Waals surface area contributed by atoms with Crippen molar-refractivity contribution in [2.24, 2.45) is 34.5 Å². The maximum absolute atomic E-state index is 13.0. The van der Waals surface area contributed by atoms with Crippen molar-refractivity contribution >= 4 is 11.9 Å². The summed E-state index contributed by atoms with van der Waals surface area (Å²) in [5.41, 5.74) is 1.98. The molecule has 156 valence electrons. The average Bonchev–Trinajstić information content (AvgIpc) is 2.93. The van der Waals surface area contributed by atoms with E-state index in [4.69, 9.17) is 0 Å². The van der Waals surface area contributed by atoms with Gasteiger partial charge in [0.05, 0.1) is 5.60 Å². The van der Waals surface area contributed by atoms with Gasteiger partial charge >= 0.3 is 0 Å². The molecule has 0 saturated heterocycles. The van der Waals surface area contributed by atoms with E-state index in [0.29, 0.717) is 23.5 Å². The quantitative estimate of drug-likeness (QED) is 0.591. The highest BCUT2D eigenvalue weighted by Crippen LogP contribution is 2.68. The van der Waals surface area contributed by atoms with Gasteiger partial charge in [0.25, 0.3) is 0 Å². The first kappa shape index (κ1) is 19.5. The molecule has 2 nitrogen and oxygen atoms in total. The number of ketones is 1. The molecular formula is C27H36O2. The summed E-state index contributed by atoms with van der Waals surface area (Å²) in [4.78, 5) is 13.0. The van der Waals surface area contributed by atoms with Gasteiger partial charge in [-0.3, -0.25) is 4.79 Å². The number of hydrogen-bond acceptors (Lipinski definition) is 2. The summed E-state index contributed by atoms with van der Waals surface area (Å²) in [5.74, 6) is 2.97. The van der Waals surface area contributed by atoms with Gasteiger partial charge in [-0.05, 0) is 104 Å². The fraction of sp³-hybridized carbons (Fsp3) is 0.667.